The van der Waals surface area contributed by atoms with Gasteiger partial charge in [0, 0.05) is 36.4 Å². The van der Waals surface area contributed by atoms with Crippen LogP contribution in [-0.2, 0) is 4.74 Å². The molecule has 25 heavy (non-hydrogen) atoms. The molecule has 2 aliphatic heterocycles. The Morgan fingerprint density at radius 1 is 1.24 bits per heavy atom. The monoisotopic (exact) mass is 339 g/mol. The van der Waals surface area contributed by atoms with Gasteiger partial charge in [-0.25, -0.2) is 4.68 Å². The molecule has 2 aliphatic rings. The van der Waals surface area contributed by atoms with Gasteiger partial charge < -0.3 is 9.64 Å². The first-order chi connectivity index (χ1) is 12.1. The second-order valence-electron chi connectivity index (χ2n) is 7.52. The van der Waals surface area contributed by atoms with Gasteiger partial charge in [0.1, 0.15) is 0 Å². The second kappa shape index (κ2) is 6.30. The lowest BCUT2D eigenvalue weighted by atomic mass is 9.79. The zero-order chi connectivity index (χ0) is 17.4. The third-order valence-corrected chi connectivity index (χ3v) is 5.48. The van der Waals surface area contributed by atoms with Crippen molar-refractivity contribution < 1.29 is 9.53 Å². The molecule has 2 aromatic rings. The summed E-state index contributed by atoms with van der Waals surface area (Å²) in [7, 11) is 0. The molecule has 5 heteroatoms. The van der Waals surface area contributed by atoms with Gasteiger partial charge in [-0.15, -0.1) is 0 Å². The third kappa shape index (κ3) is 3.09. The van der Waals surface area contributed by atoms with Crippen LogP contribution in [0.2, 0.25) is 0 Å². The zero-order valence-electron chi connectivity index (χ0n) is 15.0. The first kappa shape index (κ1) is 16.3. The Morgan fingerprint density at radius 2 is 2.12 bits per heavy atom. The first-order valence-electron chi connectivity index (χ1n) is 9.07. The lowest BCUT2D eigenvalue weighted by Crippen LogP contribution is -2.46. The summed E-state index contributed by atoms with van der Waals surface area (Å²) in [6.45, 7) is 7.29. The molecular weight excluding hydrogens is 314 g/mol. The molecule has 1 unspecified atom stereocenters. The van der Waals surface area contributed by atoms with Crippen LogP contribution in [0.25, 0.3) is 5.69 Å². The molecule has 0 N–H and O–H groups in total. The molecule has 3 heterocycles. The highest BCUT2D eigenvalue weighted by Gasteiger charge is 2.40. The number of hydrogen-bond acceptors (Lipinski definition) is 3. The van der Waals surface area contributed by atoms with E-state index >= 15 is 0 Å². The largest absolute Gasteiger partial charge is 0.381 e. The Labute approximate surface area is 148 Å². The van der Waals surface area contributed by atoms with Gasteiger partial charge in [-0.3, -0.25) is 4.79 Å². The highest BCUT2D eigenvalue weighted by atomic mass is 16.5. The van der Waals surface area contributed by atoms with E-state index in [9.17, 15) is 4.79 Å². The average Bonchev–Trinajstić information content (AvgIpc) is 3.20. The van der Waals surface area contributed by atoms with Crippen molar-refractivity contribution in [2.75, 3.05) is 26.3 Å². The summed E-state index contributed by atoms with van der Waals surface area (Å²) in [6.07, 6.45) is 3.30. The number of piperidine rings is 1. The number of carbonyl (C=O) groups excluding carboxylic acids is 1. The van der Waals surface area contributed by atoms with Crippen molar-refractivity contribution in [2.45, 2.75) is 33.1 Å². The molecule has 1 aromatic heterocycles. The van der Waals surface area contributed by atoms with E-state index < -0.39 is 0 Å². The maximum Gasteiger partial charge on any atom is 0.253 e. The highest BCUT2D eigenvalue weighted by molar-refractivity contribution is 5.94. The molecule has 2 saturated heterocycles. The number of rotatable bonds is 2. The number of amides is 1. The smallest absolute Gasteiger partial charge is 0.253 e. The van der Waals surface area contributed by atoms with E-state index in [0.29, 0.717) is 0 Å². The van der Waals surface area contributed by atoms with Gasteiger partial charge in [0.05, 0.1) is 18.0 Å². The minimum Gasteiger partial charge on any atom is -0.381 e. The highest BCUT2D eigenvalue weighted by Crippen LogP contribution is 2.38. The average molecular weight is 339 g/mol. The van der Waals surface area contributed by atoms with Gasteiger partial charge in [-0.2, -0.15) is 5.10 Å². The molecule has 4 rings (SSSR count). The number of nitrogens with zero attached hydrogens (tertiary/aromatic N) is 3. The van der Waals surface area contributed by atoms with Crippen molar-refractivity contribution in [1.82, 2.24) is 14.7 Å². The quantitative estimate of drug-likeness (QED) is 0.844. The van der Waals surface area contributed by atoms with E-state index in [1.54, 1.807) is 0 Å². The van der Waals surface area contributed by atoms with Crippen LogP contribution in [0.1, 0.15) is 41.0 Å². The fraction of sp³-hybridized carbons (Fsp3) is 0.500. The number of benzene rings is 1. The fourth-order valence-electron chi connectivity index (χ4n) is 4.20. The summed E-state index contributed by atoms with van der Waals surface area (Å²) in [5.41, 5.74) is 3.91. The van der Waals surface area contributed by atoms with Crippen LogP contribution in [0.3, 0.4) is 0 Å². The van der Waals surface area contributed by atoms with E-state index in [4.69, 9.17) is 4.74 Å². The third-order valence-electron chi connectivity index (χ3n) is 5.48. The number of carbonyl (C=O) groups is 1. The second-order valence-corrected chi connectivity index (χ2v) is 7.52. The molecule has 0 radical (unpaired) electrons. The van der Waals surface area contributed by atoms with Crippen LogP contribution in [-0.4, -0.2) is 46.9 Å². The zero-order valence-corrected chi connectivity index (χ0v) is 15.0. The maximum atomic E-state index is 13.1. The Balaban J connectivity index is 1.58. The molecule has 1 aromatic carbocycles. The SMILES string of the molecule is Cc1cc(C)n(-c2cccc(C(=O)N3CCCC4(CCOC4)C3)c2)n1. The Hall–Kier alpha value is -2.14. The van der Waals surface area contributed by atoms with Gasteiger partial charge in [0.2, 0.25) is 0 Å². The summed E-state index contributed by atoms with van der Waals surface area (Å²) >= 11 is 0. The van der Waals surface area contributed by atoms with E-state index in [1.807, 2.05) is 53.8 Å². The van der Waals surface area contributed by atoms with Gasteiger partial charge in [0.25, 0.3) is 5.91 Å². The van der Waals surface area contributed by atoms with E-state index in [-0.39, 0.29) is 11.3 Å². The molecule has 1 amide bonds. The van der Waals surface area contributed by atoms with Gasteiger partial charge >= 0.3 is 0 Å². The molecule has 0 saturated carbocycles. The maximum absolute atomic E-state index is 13.1. The Bertz CT molecular complexity index is 790. The number of ether oxygens (including phenoxy) is 1. The van der Waals surface area contributed by atoms with Gasteiger partial charge in [-0.05, 0) is 57.4 Å². The Morgan fingerprint density at radius 3 is 2.84 bits per heavy atom. The molecule has 0 bridgehead atoms. The van der Waals surface area contributed by atoms with Crippen molar-refractivity contribution >= 4 is 5.91 Å². The molecule has 2 fully saturated rings. The molecule has 5 nitrogen and oxygen atoms in total. The number of hydrogen-bond donors (Lipinski definition) is 0. The standard InChI is InChI=1S/C20H25N3O2/c1-15-11-16(2)23(21-15)18-6-3-5-17(12-18)19(24)22-9-4-7-20(13-22)8-10-25-14-20/h3,5-6,11-12H,4,7-10,13-14H2,1-2H3. The lowest BCUT2D eigenvalue weighted by Gasteiger charge is -2.39. The van der Waals surface area contributed by atoms with E-state index in [0.717, 1.165) is 61.8 Å². The lowest BCUT2D eigenvalue weighted by molar-refractivity contribution is 0.0462. The summed E-state index contributed by atoms with van der Waals surface area (Å²) in [6, 6.07) is 9.84. The Kier molecular flexibility index (Phi) is 4.12. The predicted molar refractivity (Wildman–Crippen MR) is 96.0 cm³/mol. The van der Waals surface area contributed by atoms with Crippen LogP contribution < -0.4 is 0 Å². The molecule has 1 atom stereocenters. The van der Waals surface area contributed by atoms with Crippen molar-refractivity contribution in [1.29, 1.82) is 0 Å². The minimum atomic E-state index is 0.120. The molecule has 0 aliphatic carbocycles. The minimum absolute atomic E-state index is 0.120. The van der Waals surface area contributed by atoms with E-state index in [2.05, 4.69) is 5.10 Å². The van der Waals surface area contributed by atoms with Crippen LogP contribution in [0.5, 0.6) is 0 Å². The first-order valence-corrected chi connectivity index (χ1v) is 9.07. The van der Waals surface area contributed by atoms with Gasteiger partial charge in [-0.1, -0.05) is 6.07 Å². The fourth-order valence-corrected chi connectivity index (χ4v) is 4.20. The van der Waals surface area contributed by atoms with Crippen molar-refractivity contribution in [3.05, 3.63) is 47.3 Å². The number of aromatic nitrogens is 2. The topological polar surface area (TPSA) is 47.4 Å². The molecule has 1 spiro atoms. The van der Waals surface area contributed by atoms with Crippen molar-refractivity contribution in [2.24, 2.45) is 5.41 Å². The van der Waals surface area contributed by atoms with Crippen LogP contribution in [0.4, 0.5) is 0 Å². The normalized spacial score (nSPS) is 23.4. The van der Waals surface area contributed by atoms with Gasteiger partial charge in [0.15, 0.2) is 0 Å². The number of aryl methyl sites for hydroxylation is 2. The molecule has 132 valence electrons. The molecular formula is C20H25N3O2. The summed E-state index contributed by atoms with van der Waals surface area (Å²) < 4.78 is 7.51. The van der Waals surface area contributed by atoms with Crippen LogP contribution in [0.15, 0.2) is 30.3 Å². The van der Waals surface area contributed by atoms with Crippen LogP contribution >= 0.6 is 0 Å². The van der Waals surface area contributed by atoms with Crippen molar-refractivity contribution in [3.8, 4) is 5.69 Å². The van der Waals surface area contributed by atoms with E-state index in [1.165, 1.54) is 6.42 Å². The summed E-state index contributed by atoms with van der Waals surface area (Å²) in [4.78, 5) is 15.1. The summed E-state index contributed by atoms with van der Waals surface area (Å²) in [5, 5.41) is 4.53. The van der Waals surface area contributed by atoms with Crippen molar-refractivity contribution in [3.63, 3.8) is 0 Å². The number of likely N-dealkylation sites (tertiary alicyclic amines) is 1. The van der Waals surface area contributed by atoms with Crippen LogP contribution in [0, 0.1) is 19.3 Å². The summed E-state index contributed by atoms with van der Waals surface area (Å²) in [5.74, 6) is 0.120. The predicted octanol–water partition coefficient (Wildman–Crippen LogP) is 3.13.